The fraction of sp³-hybridized carbons (Fsp3) is 0.111. The Morgan fingerprint density at radius 3 is 2.64 bits per heavy atom. The Hall–Kier alpha value is -2.22. The average molecular weight is 191 g/mol. The Bertz CT molecular complexity index is 421. The van der Waals surface area contributed by atoms with Crippen LogP contribution in [0.4, 0.5) is 11.4 Å². The molecule has 0 aliphatic carbocycles. The molecule has 0 radical (unpaired) electrons. The molecule has 0 aromatic heterocycles. The first kappa shape index (κ1) is 9.86. The summed E-state index contributed by atoms with van der Waals surface area (Å²) < 4.78 is 4.49. The number of nitrogens with two attached hydrogens (primary N) is 2. The maximum atomic E-state index is 11.2. The molecule has 14 heavy (non-hydrogen) atoms. The lowest BCUT2D eigenvalue weighted by atomic mass is 10.1. The van der Waals surface area contributed by atoms with E-state index in [2.05, 4.69) is 4.74 Å². The molecule has 0 fully saturated rings. The van der Waals surface area contributed by atoms with Crippen molar-refractivity contribution < 1.29 is 9.53 Å². The number of nitrogen functional groups attached to an aromatic ring is 2. The highest BCUT2D eigenvalue weighted by Crippen LogP contribution is 2.21. The van der Waals surface area contributed by atoms with Crippen LogP contribution in [-0.2, 0) is 4.74 Å². The van der Waals surface area contributed by atoms with Crippen molar-refractivity contribution in [1.82, 2.24) is 0 Å². The van der Waals surface area contributed by atoms with Gasteiger partial charge in [0.15, 0.2) is 0 Å². The van der Waals surface area contributed by atoms with Crippen molar-refractivity contribution in [3.05, 3.63) is 23.3 Å². The third-order valence-electron chi connectivity index (χ3n) is 1.73. The lowest BCUT2D eigenvalue weighted by molar-refractivity contribution is 0.0602. The van der Waals surface area contributed by atoms with Crippen LogP contribution in [0.15, 0.2) is 12.1 Å². The molecule has 0 heterocycles. The van der Waals surface area contributed by atoms with E-state index < -0.39 is 5.97 Å². The molecule has 1 aromatic rings. The summed E-state index contributed by atoms with van der Waals surface area (Å²) in [4.78, 5) is 11.2. The largest absolute Gasteiger partial charge is 0.465 e. The quantitative estimate of drug-likeness (QED) is 0.497. The lowest BCUT2D eigenvalue weighted by Gasteiger charge is -2.06. The maximum Gasteiger partial charge on any atom is 0.340 e. The van der Waals surface area contributed by atoms with Gasteiger partial charge in [-0.15, -0.1) is 0 Å². The van der Waals surface area contributed by atoms with E-state index in [9.17, 15) is 4.79 Å². The molecular weight excluding hydrogens is 182 g/mol. The van der Waals surface area contributed by atoms with Gasteiger partial charge < -0.3 is 16.2 Å². The zero-order valence-corrected chi connectivity index (χ0v) is 7.57. The number of carbonyl (C=O) groups is 1. The molecule has 5 heteroatoms. The number of rotatable bonds is 1. The Morgan fingerprint density at radius 2 is 2.14 bits per heavy atom. The molecule has 0 amide bonds. The SMILES string of the molecule is COC(=O)c1cc(N)cc(C#N)c1N. The standard InChI is InChI=1S/C9H9N3O2/c1-14-9(13)7-3-6(11)2-5(4-10)8(7)12/h2-3H,11-12H2,1H3. The second kappa shape index (κ2) is 3.66. The average Bonchev–Trinajstić information content (AvgIpc) is 2.19. The van der Waals surface area contributed by atoms with E-state index in [1.807, 2.05) is 6.07 Å². The number of nitriles is 1. The molecule has 4 N–H and O–H groups in total. The number of anilines is 2. The van der Waals surface area contributed by atoms with Gasteiger partial charge >= 0.3 is 5.97 Å². The summed E-state index contributed by atoms with van der Waals surface area (Å²) in [6, 6.07) is 4.62. The van der Waals surface area contributed by atoms with E-state index in [-0.39, 0.29) is 16.8 Å². The van der Waals surface area contributed by atoms with E-state index in [4.69, 9.17) is 16.7 Å². The monoisotopic (exact) mass is 191 g/mol. The van der Waals surface area contributed by atoms with Gasteiger partial charge in [-0.25, -0.2) is 4.79 Å². The number of esters is 1. The van der Waals surface area contributed by atoms with Crippen LogP contribution in [0.2, 0.25) is 0 Å². The Morgan fingerprint density at radius 1 is 1.50 bits per heavy atom. The van der Waals surface area contributed by atoms with Gasteiger partial charge in [-0.2, -0.15) is 5.26 Å². The first-order valence-electron chi connectivity index (χ1n) is 3.77. The number of nitrogens with zero attached hydrogens (tertiary/aromatic N) is 1. The zero-order valence-electron chi connectivity index (χ0n) is 7.57. The number of ether oxygens (including phenoxy) is 1. The number of carbonyl (C=O) groups excluding carboxylic acids is 1. The predicted molar refractivity (Wildman–Crippen MR) is 51.3 cm³/mol. The summed E-state index contributed by atoms with van der Waals surface area (Å²) in [5.74, 6) is -0.605. The smallest absolute Gasteiger partial charge is 0.340 e. The zero-order chi connectivity index (χ0) is 10.7. The Balaban J connectivity index is 3.38. The molecule has 72 valence electrons. The van der Waals surface area contributed by atoms with E-state index in [0.29, 0.717) is 5.69 Å². The second-order valence-corrected chi connectivity index (χ2v) is 2.63. The summed E-state index contributed by atoms with van der Waals surface area (Å²) in [6.07, 6.45) is 0. The highest BCUT2D eigenvalue weighted by atomic mass is 16.5. The highest BCUT2D eigenvalue weighted by Gasteiger charge is 2.13. The van der Waals surface area contributed by atoms with E-state index >= 15 is 0 Å². The van der Waals surface area contributed by atoms with Gasteiger partial charge in [0.1, 0.15) is 6.07 Å². The number of methoxy groups -OCH3 is 1. The van der Waals surface area contributed by atoms with Gasteiger partial charge in [0.05, 0.1) is 23.9 Å². The second-order valence-electron chi connectivity index (χ2n) is 2.63. The first-order valence-corrected chi connectivity index (χ1v) is 3.77. The van der Waals surface area contributed by atoms with Crippen molar-refractivity contribution in [3.8, 4) is 6.07 Å². The van der Waals surface area contributed by atoms with Crippen LogP contribution in [0.25, 0.3) is 0 Å². The molecule has 0 unspecified atom stereocenters. The van der Waals surface area contributed by atoms with Crippen LogP contribution in [0.3, 0.4) is 0 Å². The summed E-state index contributed by atoms with van der Waals surface area (Å²) in [7, 11) is 1.23. The minimum Gasteiger partial charge on any atom is -0.465 e. The summed E-state index contributed by atoms with van der Waals surface area (Å²) in [5.41, 5.74) is 11.7. The highest BCUT2D eigenvalue weighted by molar-refractivity contribution is 5.97. The lowest BCUT2D eigenvalue weighted by Crippen LogP contribution is -2.08. The molecule has 0 atom stereocenters. The normalized spacial score (nSPS) is 9.14. The number of hydrogen-bond acceptors (Lipinski definition) is 5. The Kier molecular flexibility index (Phi) is 2.58. The molecular formula is C9H9N3O2. The third kappa shape index (κ3) is 1.59. The molecule has 0 saturated heterocycles. The molecule has 1 rings (SSSR count). The van der Waals surface area contributed by atoms with Gasteiger partial charge in [-0.1, -0.05) is 0 Å². The van der Waals surface area contributed by atoms with Crippen molar-refractivity contribution in [1.29, 1.82) is 5.26 Å². The van der Waals surface area contributed by atoms with Gasteiger partial charge in [-0.3, -0.25) is 0 Å². The maximum absolute atomic E-state index is 11.2. The van der Waals surface area contributed by atoms with Crippen LogP contribution < -0.4 is 11.5 Å². The van der Waals surface area contributed by atoms with E-state index in [1.165, 1.54) is 19.2 Å². The molecule has 1 aromatic carbocycles. The van der Waals surface area contributed by atoms with Crippen LogP contribution in [-0.4, -0.2) is 13.1 Å². The molecule has 0 spiro atoms. The minimum atomic E-state index is -0.605. The summed E-state index contributed by atoms with van der Waals surface area (Å²) >= 11 is 0. The van der Waals surface area contributed by atoms with Crippen molar-refractivity contribution >= 4 is 17.3 Å². The third-order valence-corrected chi connectivity index (χ3v) is 1.73. The van der Waals surface area contributed by atoms with E-state index in [1.54, 1.807) is 0 Å². The van der Waals surface area contributed by atoms with Crippen molar-refractivity contribution in [2.24, 2.45) is 0 Å². The van der Waals surface area contributed by atoms with Crippen LogP contribution in [0, 0.1) is 11.3 Å². The number of hydrogen-bond donors (Lipinski definition) is 2. The number of benzene rings is 1. The van der Waals surface area contributed by atoms with Gasteiger partial charge in [-0.05, 0) is 12.1 Å². The van der Waals surface area contributed by atoms with Crippen LogP contribution >= 0.6 is 0 Å². The van der Waals surface area contributed by atoms with Crippen molar-refractivity contribution in [2.75, 3.05) is 18.6 Å². The Labute approximate surface area is 80.9 Å². The fourth-order valence-electron chi connectivity index (χ4n) is 1.05. The molecule has 0 bridgehead atoms. The van der Waals surface area contributed by atoms with Crippen molar-refractivity contribution in [3.63, 3.8) is 0 Å². The first-order chi connectivity index (χ1) is 6.60. The predicted octanol–water partition coefficient (Wildman–Crippen LogP) is 0.509. The topological polar surface area (TPSA) is 102 Å². The van der Waals surface area contributed by atoms with Crippen LogP contribution in [0.1, 0.15) is 15.9 Å². The van der Waals surface area contributed by atoms with Gasteiger partial charge in [0.25, 0.3) is 0 Å². The summed E-state index contributed by atoms with van der Waals surface area (Å²) in [6.45, 7) is 0. The minimum absolute atomic E-state index is 0.0913. The van der Waals surface area contributed by atoms with Crippen LogP contribution in [0.5, 0.6) is 0 Å². The van der Waals surface area contributed by atoms with E-state index in [0.717, 1.165) is 0 Å². The molecule has 0 saturated carbocycles. The molecule has 0 aliphatic rings. The van der Waals surface area contributed by atoms with Gasteiger partial charge in [0.2, 0.25) is 0 Å². The molecule has 0 aliphatic heterocycles. The van der Waals surface area contributed by atoms with Crippen molar-refractivity contribution in [2.45, 2.75) is 0 Å². The fourth-order valence-corrected chi connectivity index (χ4v) is 1.05. The summed E-state index contributed by atoms with van der Waals surface area (Å²) in [5, 5.41) is 8.68. The molecule has 5 nitrogen and oxygen atoms in total. The van der Waals surface area contributed by atoms with Gasteiger partial charge in [0, 0.05) is 5.69 Å².